The Balaban J connectivity index is 1.99. The number of carbonyl (C=O) groups is 2. The number of benzene rings is 1. The number of carboxylic acids is 1. The number of ether oxygens (including phenoxy) is 1. The molecule has 0 radical (unpaired) electrons. The summed E-state index contributed by atoms with van der Waals surface area (Å²) in [5.41, 5.74) is 0.337. The van der Waals surface area contributed by atoms with Gasteiger partial charge >= 0.3 is 5.97 Å². The van der Waals surface area contributed by atoms with Gasteiger partial charge in [0.25, 0.3) is 5.91 Å². The lowest BCUT2D eigenvalue weighted by molar-refractivity contribution is -0.144. The molecule has 1 aromatic carbocycles. The fourth-order valence-corrected chi connectivity index (χ4v) is 3.23. The van der Waals surface area contributed by atoms with Crippen LogP contribution in [0.1, 0.15) is 30.3 Å². The van der Waals surface area contributed by atoms with Crippen molar-refractivity contribution < 1.29 is 23.8 Å². The first-order valence-corrected chi connectivity index (χ1v) is 7.81. The van der Waals surface area contributed by atoms with Crippen molar-refractivity contribution in [2.75, 3.05) is 13.7 Å². The Morgan fingerprint density at radius 3 is 2.83 bits per heavy atom. The first kappa shape index (κ1) is 16.3. The number of aliphatic carboxylic acids is 1. The first-order chi connectivity index (χ1) is 11.4. The summed E-state index contributed by atoms with van der Waals surface area (Å²) in [6.45, 7) is 2.34. The van der Waals surface area contributed by atoms with E-state index in [0.29, 0.717) is 24.1 Å². The van der Waals surface area contributed by atoms with Crippen LogP contribution in [0.5, 0.6) is 5.75 Å². The highest BCUT2D eigenvalue weighted by Crippen LogP contribution is 2.30. The Bertz CT molecular complexity index is 801. The Morgan fingerprint density at radius 1 is 1.42 bits per heavy atom. The minimum absolute atomic E-state index is 0.161. The third kappa shape index (κ3) is 2.70. The predicted octanol–water partition coefficient (Wildman–Crippen LogP) is 2.64. The van der Waals surface area contributed by atoms with Crippen LogP contribution in [-0.4, -0.2) is 46.6 Å². The summed E-state index contributed by atoms with van der Waals surface area (Å²) in [5, 5.41) is 9.86. The normalized spacial score (nSPS) is 21.0. The smallest absolute Gasteiger partial charge is 0.326 e. The number of rotatable bonds is 3. The summed E-state index contributed by atoms with van der Waals surface area (Å²) < 4.78 is 19.2. The number of hydrogen-bond acceptors (Lipinski definition) is 3. The molecule has 1 aliphatic rings. The van der Waals surface area contributed by atoms with Gasteiger partial charge in [-0.1, -0.05) is 6.92 Å². The average molecular weight is 334 g/mol. The van der Waals surface area contributed by atoms with E-state index in [1.807, 2.05) is 6.92 Å². The van der Waals surface area contributed by atoms with E-state index in [9.17, 15) is 19.1 Å². The van der Waals surface area contributed by atoms with Crippen molar-refractivity contribution in [1.29, 1.82) is 0 Å². The lowest BCUT2D eigenvalue weighted by Crippen LogP contribution is -2.49. The number of aromatic nitrogens is 1. The molecule has 2 atom stereocenters. The molecule has 2 N–H and O–H groups in total. The Morgan fingerprint density at radius 2 is 2.17 bits per heavy atom. The summed E-state index contributed by atoms with van der Waals surface area (Å²) in [4.78, 5) is 28.4. The maximum Gasteiger partial charge on any atom is 0.326 e. The van der Waals surface area contributed by atoms with Crippen LogP contribution in [0, 0.1) is 11.7 Å². The molecule has 1 amide bonds. The molecule has 1 saturated heterocycles. The molecule has 0 spiro atoms. The van der Waals surface area contributed by atoms with Gasteiger partial charge in [-0.25, -0.2) is 9.18 Å². The van der Waals surface area contributed by atoms with Gasteiger partial charge in [-0.15, -0.1) is 0 Å². The van der Waals surface area contributed by atoms with Crippen molar-refractivity contribution in [1.82, 2.24) is 9.88 Å². The molecule has 128 valence electrons. The number of fused-ring (bicyclic) bond motifs is 1. The second-order valence-electron chi connectivity index (χ2n) is 6.20. The molecule has 0 aliphatic carbocycles. The highest BCUT2D eigenvalue weighted by molar-refractivity contribution is 6.01. The lowest BCUT2D eigenvalue weighted by atomic mass is 9.92. The summed E-state index contributed by atoms with van der Waals surface area (Å²) in [7, 11) is 1.47. The van der Waals surface area contributed by atoms with Gasteiger partial charge in [0, 0.05) is 11.9 Å². The zero-order chi connectivity index (χ0) is 17.4. The van der Waals surface area contributed by atoms with Crippen LogP contribution in [0.2, 0.25) is 0 Å². The Hall–Kier alpha value is -2.57. The molecule has 0 saturated carbocycles. The van der Waals surface area contributed by atoms with Crippen molar-refractivity contribution in [3.8, 4) is 5.75 Å². The van der Waals surface area contributed by atoms with Crippen molar-refractivity contribution in [3.63, 3.8) is 0 Å². The van der Waals surface area contributed by atoms with Crippen molar-refractivity contribution in [3.05, 3.63) is 29.7 Å². The third-order valence-corrected chi connectivity index (χ3v) is 4.56. The average Bonchev–Trinajstić information content (AvgIpc) is 3.00. The van der Waals surface area contributed by atoms with Crippen LogP contribution in [0.25, 0.3) is 10.9 Å². The molecule has 1 fully saturated rings. The van der Waals surface area contributed by atoms with Gasteiger partial charge in [-0.2, -0.15) is 0 Å². The number of carboxylic acid groups (broad SMARTS) is 1. The number of methoxy groups -OCH3 is 1. The van der Waals surface area contributed by atoms with E-state index in [-0.39, 0.29) is 17.1 Å². The first-order valence-electron chi connectivity index (χ1n) is 7.81. The predicted molar refractivity (Wildman–Crippen MR) is 85.7 cm³/mol. The van der Waals surface area contributed by atoms with E-state index < -0.39 is 23.7 Å². The van der Waals surface area contributed by atoms with E-state index in [0.717, 1.165) is 6.42 Å². The third-order valence-electron chi connectivity index (χ3n) is 4.56. The Kier molecular flexibility index (Phi) is 4.17. The van der Waals surface area contributed by atoms with Crippen LogP contribution in [0.3, 0.4) is 0 Å². The van der Waals surface area contributed by atoms with E-state index in [1.54, 1.807) is 0 Å². The number of piperidine rings is 1. The second kappa shape index (κ2) is 6.14. The molecule has 3 rings (SSSR count). The van der Waals surface area contributed by atoms with E-state index in [2.05, 4.69) is 4.98 Å². The minimum Gasteiger partial charge on any atom is -0.496 e. The number of nitrogens with zero attached hydrogens (tertiary/aromatic N) is 1. The monoisotopic (exact) mass is 334 g/mol. The molecule has 0 bridgehead atoms. The number of likely N-dealkylation sites (tertiary alicyclic amines) is 1. The van der Waals surface area contributed by atoms with Crippen LogP contribution in [-0.2, 0) is 4.79 Å². The number of amides is 1. The van der Waals surface area contributed by atoms with Gasteiger partial charge in [0.15, 0.2) is 0 Å². The van der Waals surface area contributed by atoms with E-state index in [1.165, 1.54) is 30.2 Å². The van der Waals surface area contributed by atoms with Gasteiger partial charge in [-0.3, -0.25) is 4.79 Å². The zero-order valence-corrected chi connectivity index (χ0v) is 13.5. The largest absolute Gasteiger partial charge is 0.496 e. The standard InChI is InChI=1S/C17H19FN2O4/c1-9-5-6-20(13(7-9)17(22)23)16(21)12-8-10-14(24-2)4-3-11(18)15(10)19-12/h3-4,8-9,13,19H,5-7H2,1-2H3,(H,22,23). The van der Waals surface area contributed by atoms with Crippen LogP contribution >= 0.6 is 0 Å². The molecular weight excluding hydrogens is 315 g/mol. The Labute approximate surface area is 138 Å². The van der Waals surface area contributed by atoms with Crippen molar-refractivity contribution in [2.24, 2.45) is 5.92 Å². The molecule has 2 aromatic rings. The van der Waals surface area contributed by atoms with Crippen molar-refractivity contribution in [2.45, 2.75) is 25.8 Å². The molecule has 2 heterocycles. The molecule has 7 heteroatoms. The molecule has 1 aromatic heterocycles. The van der Waals surface area contributed by atoms with Gasteiger partial charge in [-0.05, 0) is 37.0 Å². The molecule has 6 nitrogen and oxygen atoms in total. The maximum absolute atomic E-state index is 14.0. The number of halogens is 1. The SMILES string of the molecule is COc1ccc(F)c2[nH]c(C(=O)N3CCC(C)CC3C(=O)O)cc12. The van der Waals surface area contributed by atoms with Gasteiger partial charge < -0.3 is 19.7 Å². The lowest BCUT2D eigenvalue weighted by Gasteiger charge is -2.35. The van der Waals surface area contributed by atoms with E-state index >= 15 is 0 Å². The molecule has 1 aliphatic heterocycles. The van der Waals surface area contributed by atoms with Crippen LogP contribution in [0.4, 0.5) is 4.39 Å². The van der Waals surface area contributed by atoms with Gasteiger partial charge in [0.1, 0.15) is 23.3 Å². The highest BCUT2D eigenvalue weighted by Gasteiger charge is 2.35. The fraction of sp³-hybridized carbons (Fsp3) is 0.412. The number of aromatic amines is 1. The number of carbonyl (C=O) groups excluding carboxylic acids is 1. The van der Waals surface area contributed by atoms with Gasteiger partial charge in [0.05, 0.1) is 12.6 Å². The molecular formula is C17H19FN2O4. The maximum atomic E-state index is 14.0. The van der Waals surface area contributed by atoms with Crippen LogP contribution < -0.4 is 4.74 Å². The van der Waals surface area contributed by atoms with Crippen molar-refractivity contribution >= 4 is 22.8 Å². The second-order valence-corrected chi connectivity index (χ2v) is 6.20. The van der Waals surface area contributed by atoms with Gasteiger partial charge in [0.2, 0.25) is 0 Å². The highest BCUT2D eigenvalue weighted by atomic mass is 19.1. The number of H-pyrrole nitrogens is 1. The van der Waals surface area contributed by atoms with Crippen LogP contribution in [0.15, 0.2) is 18.2 Å². The summed E-state index contributed by atoms with van der Waals surface area (Å²) in [5.74, 6) is -1.26. The molecule has 2 unspecified atom stereocenters. The summed E-state index contributed by atoms with van der Waals surface area (Å²) >= 11 is 0. The summed E-state index contributed by atoms with van der Waals surface area (Å²) in [6, 6.07) is 3.40. The molecule has 24 heavy (non-hydrogen) atoms. The zero-order valence-electron chi connectivity index (χ0n) is 13.5. The topological polar surface area (TPSA) is 82.6 Å². The fourth-order valence-electron chi connectivity index (χ4n) is 3.23. The number of hydrogen-bond donors (Lipinski definition) is 2. The number of nitrogens with one attached hydrogen (secondary N) is 1. The van der Waals surface area contributed by atoms with E-state index in [4.69, 9.17) is 4.74 Å². The minimum atomic E-state index is -1.02. The summed E-state index contributed by atoms with van der Waals surface area (Å²) in [6.07, 6.45) is 1.16. The quantitative estimate of drug-likeness (QED) is 0.904.